The highest BCUT2D eigenvalue weighted by Gasteiger charge is 2.30. The Bertz CT molecular complexity index is 1090. The number of nitrogens with zero attached hydrogens (tertiary/aromatic N) is 2. The molecule has 0 bridgehead atoms. The van der Waals surface area contributed by atoms with Crippen LogP contribution in [0.2, 0.25) is 0 Å². The summed E-state index contributed by atoms with van der Waals surface area (Å²) in [6.07, 6.45) is -2.08. The molecule has 0 aliphatic carbocycles. The van der Waals surface area contributed by atoms with Crippen molar-refractivity contribution >= 4 is 5.97 Å². The van der Waals surface area contributed by atoms with Gasteiger partial charge in [-0.05, 0) is 66.8 Å². The molecule has 1 aromatic heterocycles. The van der Waals surface area contributed by atoms with Gasteiger partial charge >= 0.3 is 12.1 Å². The van der Waals surface area contributed by atoms with Gasteiger partial charge in [0.15, 0.2) is 0 Å². The number of ether oxygens (including phenoxy) is 1. The first kappa shape index (κ1) is 23.4. The molecule has 0 aliphatic rings. The lowest BCUT2D eigenvalue weighted by molar-refractivity contribution is -0.138. The summed E-state index contributed by atoms with van der Waals surface area (Å²) in [6, 6.07) is 10.4. The second-order valence-electron chi connectivity index (χ2n) is 7.95. The summed E-state index contributed by atoms with van der Waals surface area (Å²) in [4.78, 5) is 10.8. The van der Waals surface area contributed by atoms with Gasteiger partial charge in [-0.25, -0.2) is 4.68 Å². The van der Waals surface area contributed by atoms with Crippen LogP contribution < -0.4 is 4.74 Å². The van der Waals surface area contributed by atoms with Crippen molar-refractivity contribution in [1.29, 1.82) is 0 Å². The van der Waals surface area contributed by atoms with Gasteiger partial charge in [-0.3, -0.25) is 4.79 Å². The van der Waals surface area contributed by atoms with Crippen molar-refractivity contribution in [1.82, 2.24) is 9.78 Å². The van der Waals surface area contributed by atoms with Crippen LogP contribution in [0.25, 0.3) is 5.69 Å². The summed E-state index contributed by atoms with van der Waals surface area (Å²) in [5.74, 6) is -0.0843. The molecule has 0 spiro atoms. The minimum absolute atomic E-state index is 0.0714. The fourth-order valence-corrected chi connectivity index (χ4v) is 3.40. The molecule has 0 saturated heterocycles. The maximum Gasteiger partial charge on any atom is 0.416 e. The van der Waals surface area contributed by atoms with Crippen molar-refractivity contribution in [2.24, 2.45) is 0 Å². The summed E-state index contributed by atoms with van der Waals surface area (Å²) >= 11 is 0. The van der Waals surface area contributed by atoms with E-state index in [2.05, 4.69) is 5.10 Å². The zero-order valence-corrected chi connectivity index (χ0v) is 18.1. The first-order valence-electron chi connectivity index (χ1n) is 10.2. The van der Waals surface area contributed by atoms with Crippen molar-refractivity contribution in [3.63, 3.8) is 0 Å². The quantitative estimate of drug-likeness (QED) is 0.467. The van der Waals surface area contributed by atoms with E-state index in [0.717, 1.165) is 34.5 Å². The van der Waals surface area contributed by atoms with Gasteiger partial charge in [-0.1, -0.05) is 19.9 Å². The highest BCUT2D eigenvalue weighted by Crippen LogP contribution is 2.30. The number of halogens is 3. The van der Waals surface area contributed by atoms with Gasteiger partial charge in [-0.2, -0.15) is 18.3 Å². The van der Waals surface area contributed by atoms with Crippen molar-refractivity contribution in [3.8, 4) is 11.4 Å². The Labute approximate surface area is 184 Å². The molecule has 0 radical (unpaired) electrons. The van der Waals surface area contributed by atoms with E-state index in [4.69, 9.17) is 9.84 Å². The lowest BCUT2D eigenvalue weighted by Gasteiger charge is -2.10. The predicted molar refractivity (Wildman–Crippen MR) is 114 cm³/mol. The summed E-state index contributed by atoms with van der Waals surface area (Å²) in [5.41, 5.74) is 3.38. The molecule has 5 nitrogen and oxygen atoms in total. The molecule has 0 atom stereocenters. The van der Waals surface area contributed by atoms with E-state index in [9.17, 15) is 18.0 Å². The molecule has 0 unspecified atom stereocenters. The summed E-state index contributed by atoms with van der Waals surface area (Å²) in [5, 5.41) is 13.4. The number of alkyl halides is 3. The highest BCUT2D eigenvalue weighted by atomic mass is 19.4. The monoisotopic (exact) mass is 446 g/mol. The average molecular weight is 446 g/mol. The van der Waals surface area contributed by atoms with Crippen LogP contribution in [0.5, 0.6) is 5.75 Å². The number of hydrogen-bond donors (Lipinski definition) is 1. The minimum Gasteiger partial charge on any atom is -0.489 e. The van der Waals surface area contributed by atoms with Gasteiger partial charge in [0.2, 0.25) is 0 Å². The normalized spacial score (nSPS) is 11.7. The lowest BCUT2D eigenvalue weighted by Crippen LogP contribution is -2.05. The largest absolute Gasteiger partial charge is 0.489 e. The van der Waals surface area contributed by atoms with E-state index in [1.807, 2.05) is 32.9 Å². The van der Waals surface area contributed by atoms with E-state index >= 15 is 0 Å². The fourth-order valence-electron chi connectivity index (χ4n) is 3.40. The number of aliphatic carboxylic acids is 1. The zero-order chi connectivity index (χ0) is 23.5. The van der Waals surface area contributed by atoms with Crippen LogP contribution in [0.3, 0.4) is 0 Å². The number of carboxylic acids is 1. The fraction of sp³-hybridized carbons (Fsp3) is 0.333. The number of carbonyl (C=O) groups is 1. The van der Waals surface area contributed by atoms with E-state index in [1.54, 1.807) is 16.9 Å². The van der Waals surface area contributed by atoms with E-state index in [1.165, 1.54) is 12.1 Å². The molecule has 32 heavy (non-hydrogen) atoms. The van der Waals surface area contributed by atoms with Crippen LogP contribution in [-0.2, 0) is 24.0 Å². The Morgan fingerprint density at radius 1 is 1.12 bits per heavy atom. The molecule has 170 valence electrons. The molecule has 1 N–H and O–H groups in total. The number of aromatic nitrogens is 2. The Kier molecular flexibility index (Phi) is 6.91. The molecule has 0 saturated carbocycles. The van der Waals surface area contributed by atoms with E-state index in [0.29, 0.717) is 17.9 Å². The molecule has 8 heteroatoms. The van der Waals surface area contributed by atoms with Crippen LogP contribution in [0.1, 0.15) is 54.1 Å². The van der Waals surface area contributed by atoms with Crippen LogP contribution in [0.4, 0.5) is 13.2 Å². The van der Waals surface area contributed by atoms with E-state index < -0.39 is 17.7 Å². The van der Waals surface area contributed by atoms with Gasteiger partial charge < -0.3 is 9.84 Å². The molecule has 0 amide bonds. The van der Waals surface area contributed by atoms with Crippen LogP contribution in [0.15, 0.2) is 48.7 Å². The van der Waals surface area contributed by atoms with Gasteiger partial charge in [0.1, 0.15) is 12.4 Å². The lowest BCUT2D eigenvalue weighted by atomic mass is 10.0. The SMILES string of the molecule is Cc1cc(OCc2cn(-c3ccc(C(F)(F)F)cc3)nc2C(C)C)ccc1CCC(=O)O. The first-order chi connectivity index (χ1) is 15.0. The Morgan fingerprint density at radius 3 is 2.38 bits per heavy atom. The van der Waals surface area contributed by atoms with Crippen molar-refractivity contribution in [3.05, 3.63) is 76.6 Å². The summed E-state index contributed by atoms with van der Waals surface area (Å²) in [6.45, 7) is 6.14. The van der Waals surface area contributed by atoms with Crippen molar-refractivity contribution in [2.75, 3.05) is 0 Å². The van der Waals surface area contributed by atoms with Crippen molar-refractivity contribution in [2.45, 2.75) is 52.3 Å². The van der Waals surface area contributed by atoms with Gasteiger partial charge in [-0.15, -0.1) is 0 Å². The molecule has 2 aromatic carbocycles. The number of benzene rings is 2. The Morgan fingerprint density at radius 2 is 1.81 bits per heavy atom. The zero-order valence-electron chi connectivity index (χ0n) is 18.1. The highest BCUT2D eigenvalue weighted by molar-refractivity contribution is 5.67. The van der Waals surface area contributed by atoms with Crippen molar-refractivity contribution < 1.29 is 27.8 Å². The molecule has 3 rings (SSSR count). The standard InChI is InChI=1S/C24H25F3N2O3/c1-15(2)23-18(13-29(28-23)20-8-6-19(7-9-20)24(25,26)27)14-32-21-10-4-17(16(3)12-21)5-11-22(30)31/h4,6-10,12-13,15H,5,11,14H2,1-3H3,(H,30,31). The topological polar surface area (TPSA) is 64.4 Å². The molecular formula is C24H25F3N2O3. The van der Waals surface area contributed by atoms with Gasteiger partial charge in [0, 0.05) is 18.2 Å². The Balaban J connectivity index is 1.76. The van der Waals surface area contributed by atoms with Gasteiger partial charge in [0.05, 0.1) is 16.9 Å². The number of carboxylic acid groups (broad SMARTS) is 1. The third-order valence-corrected chi connectivity index (χ3v) is 5.15. The maximum absolute atomic E-state index is 12.8. The Hall–Kier alpha value is -3.29. The molecule has 3 aromatic rings. The maximum atomic E-state index is 12.8. The second-order valence-corrected chi connectivity index (χ2v) is 7.95. The third kappa shape index (κ3) is 5.69. The van der Waals surface area contributed by atoms with E-state index in [-0.39, 0.29) is 18.9 Å². The molecule has 0 aliphatic heterocycles. The number of rotatable bonds is 8. The first-order valence-corrected chi connectivity index (χ1v) is 10.2. The van der Waals surface area contributed by atoms with Crippen LogP contribution in [0, 0.1) is 6.92 Å². The average Bonchev–Trinajstić information content (AvgIpc) is 3.15. The second kappa shape index (κ2) is 9.46. The molecule has 1 heterocycles. The number of hydrogen-bond acceptors (Lipinski definition) is 3. The predicted octanol–water partition coefficient (Wildman–Crippen LogP) is 5.92. The summed E-state index contributed by atoms with van der Waals surface area (Å²) < 4.78 is 46.0. The summed E-state index contributed by atoms with van der Waals surface area (Å²) in [7, 11) is 0. The molecular weight excluding hydrogens is 421 g/mol. The third-order valence-electron chi connectivity index (χ3n) is 5.15. The molecule has 0 fully saturated rings. The van der Waals surface area contributed by atoms with Gasteiger partial charge in [0.25, 0.3) is 0 Å². The minimum atomic E-state index is -4.38. The smallest absolute Gasteiger partial charge is 0.416 e. The van der Waals surface area contributed by atoms with Crippen LogP contribution >= 0.6 is 0 Å². The number of aryl methyl sites for hydroxylation is 2. The van der Waals surface area contributed by atoms with Crippen LogP contribution in [-0.4, -0.2) is 20.9 Å².